The third-order valence-electron chi connectivity index (χ3n) is 5.30. The van der Waals surface area contributed by atoms with Crippen molar-refractivity contribution < 1.29 is 19.2 Å². The van der Waals surface area contributed by atoms with E-state index in [1.165, 1.54) is 36.9 Å². The van der Waals surface area contributed by atoms with E-state index in [9.17, 15) is 19.7 Å². The van der Waals surface area contributed by atoms with Crippen LogP contribution in [-0.4, -0.2) is 35.2 Å². The van der Waals surface area contributed by atoms with Crippen molar-refractivity contribution in [1.29, 1.82) is 0 Å². The van der Waals surface area contributed by atoms with Gasteiger partial charge in [0.25, 0.3) is 11.6 Å². The Balaban J connectivity index is 2.01. The summed E-state index contributed by atoms with van der Waals surface area (Å²) in [6.07, 6.45) is 3.89. The minimum Gasteiger partial charge on any atom is -0.449 e. The zero-order valence-corrected chi connectivity index (χ0v) is 16.9. The molecule has 0 spiro atoms. The van der Waals surface area contributed by atoms with Gasteiger partial charge in [-0.3, -0.25) is 14.9 Å². The van der Waals surface area contributed by atoms with Crippen LogP contribution in [0.15, 0.2) is 23.1 Å². The Morgan fingerprint density at radius 1 is 1.33 bits per heavy atom. The fraction of sp³-hybridized carbons (Fsp3) is 0.579. The molecule has 1 aromatic rings. The molecule has 0 radical (unpaired) electrons. The molecule has 0 aliphatic heterocycles. The number of nitro benzene ring substituents is 1. The summed E-state index contributed by atoms with van der Waals surface area (Å²) in [6.45, 7) is 5.81. The van der Waals surface area contributed by atoms with Crippen LogP contribution in [0.3, 0.4) is 0 Å². The Labute approximate surface area is 163 Å². The average Bonchev–Trinajstić information content (AvgIpc) is 2.64. The number of hydrogen-bond acceptors (Lipinski definition) is 6. The summed E-state index contributed by atoms with van der Waals surface area (Å²) >= 11 is 1.22. The number of carbonyl (C=O) groups is 2. The standard InChI is InChI=1S/C19H26N2O5S/c1-11-6-5-7-15(12(11)2)20-18(22)13(3)26-19(23)14-8-9-17(27-4)16(10-14)21(24)25/h8-13,15H,5-7H2,1-4H3,(H,20,22)/t11-,12-,13-,15+/m1/s1. The van der Waals surface area contributed by atoms with Gasteiger partial charge in [0.15, 0.2) is 6.10 Å². The van der Waals surface area contributed by atoms with E-state index in [1.807, 2.05) is 0 Å². The third kappa shape index (κ3) is 5.22. The molecule has 1 N–H and O–H groups in total. The molecule has 0 heterocycles. The highest BCUT2D eigenvalue weighted by Crippen LogP contribution is 2.30. The molecular formula is C19H26N2O5S. The minimum absolute atomic E-state index is 0.0545. The summed E-state index contributed by atoms with van der Waals surface area (Å²) in [4.78, 5) is 35.8. The molecule has 1 aliphatic rings. The Bertz CT molecular complexity index is 724. The van der Waals surface area contributed by atoms with E-state index in [1.54, 1.807) is 6.26 Å². The Hall–Kier alpha value is -2.09. The molecule has 1 saturated carbocycles. The van der Waals surface area contributed by atoms with Crippen molar-refractivity contribution in [2.24, 2.45) is 11.8 Å². The number of hydrogen-bond donors (Lipinski definition) is 1. The summed E-state index contributed by atoms with van der Waals surface area (Å²) < 4.78 is 5.23. The van der Waals surface area contributed by atoms with Gasteiger partial charge in [-0.25, -0.2) is 4.79 Å². The number of esters is 1. The number of thioether (sulfide) groups is 1. The van der Waals surface area contributed by atoms with Crippen LogP contribution >= 0.6 is 11.8 Å². The van der Waals surface area contributed by atoms with Crippen molar-refractivity contribution in [2.75, 3.05) is 6.26 Å². The Morgan fingerprint density at radius 3 is 2.67 bits per heavy atom. The lowest BCUT2D eigenvalue weighted by Crippen LogP contribution is -2.47. The number of nitrogens with one attached hydrogen (secondary N) is 1. The van der Waals surface area contributed by atoms with Crippen molar-refractivity contribution in [3.05, 3.63) is 33.9 Å². The summed E-state index contributed by atoms with van der Waals surface area (Å²) in [7, 11) is 0. The molecule has 0 saturated heterocycles. The quantitative estimate of drug-likeness (QED) is 0.341. The fourth-order valence-electron chi connectivity index (χ4n) is 3.33. The first-order valence-corrected chi connectivity index (χ1v) is 10.3. The fourth-order valence-corrected chi connectivity index (χ4v) is 3.87. The van der Waals surface area contributed by atoms with Crippen molar-refractivity contribution >= 4 is 29.3 Å². The SMILES string of the molecule is CSc1ccc(C(=O)O[C@H](C)C(=O)N[C@H]2CCC[C@@H](C)[C@H]2C)cc1[N+](=O)[O-]. The minimum atomic E-state index is -0.971. The maximum atomic E-state index is 12.4. The highest BCUT2D eigenvalue weighted by molar-refractivity contribution is 7.98. The van der Waals surface area contributed by atoms with Gasteiger partial charge in [-0.05, 0) is 43.6 Å². The van der Waals surface area contributed by atoms with Gasteiger partial charge in [0.1, 0.15) is 0 Å². The number of benzene rings is 1. The van der Waals surface area contributed by atoms with E-state index in [-0.39, 0.29) is 23.2 Å². The van der Waals surface area contributed by atoms with E-state index >= 15 is 0 Å². The molecule has 1 amide bonds. The van der Waals surface area contributed by atoms with Gasteiger partial charge in [-0.1, -0.05) is 26.7 Å². The smallest absolute Gasteiger partial charge is 0.339 e. The van der Waals surface area contributed by atoms with Gasteiger partial charge in [-0.15, -0.1) is 11.8 Å². The number of rotatable bonds is 6. The topological polar surface area (TPSA) is 98.5 Å². The lowest BCUT2D eigenvalue weighted by Gasteiger charge is -2.35. The van der Waals surface area contributed by atoms with Gasteiger partial charge < -0.3 is 10.1 Å². The van der Waals surface area contributed by atoms with Gasteiger partial charge in [-0.2, -0.15) is 0 Å². The Morgan fingerprint density at radius 2 is 2.04 bits per heavy atom. The molecule has 4 atom stereocenters. The second-order valence-electron chi connectivity index (χ2n) is 7.07. The molecule has 7 nitrogen and oxygen atoms in total. The van der Waals surface area contributed by atoms with Crippen LogP contribution in [-0.2, 0) is 9.53 Å². The summed E-state index contributed by atoms with van der Waals surface area (Å²) in [6, 6.07) is 4.24. The molecular weight excluding hydrogens is 368 g/mol. The van der Waals surface area contributed by atoms with Crippen molar-refractivity contribution in [1.82, 2.24) is 5.32 Å². The maximum absolute atomic E-state index is 12.4. The normalized spacial score (nSPS) is 23.3. The predicted molar refractivity (Wildman–Crippen MR) is 104 cm³/mol. The third-order valence-corrected chi connectivity index (χ3v) is 6.08. The maximum Gasteiger partial charge on any atom is 0.339 e. The molecule has 0 aromatic heterocycles. The first-order chi connectivity index (χ1) is 12.7. The van der Waals surface area contributed by atoms with E-state index < -0.39 is 17.0 Å². The molecule has 0 bridgehead atoms. The summed E-state index contributed by atoms with van der Waals surface area (Å²) in [5, 5.41) is 14.1. The number of carbonyl (C=O) groups excluding carboxylic acids is 2. The van der Waals surface area contributed by atoms with Crippen molar-refractivity contribution in [3.63, 3.8) is 0 Å². The molecule has 27 heavy (non-hydrogen) atoms. The van der Waals surface area contributed by atoms with E-state index in [4.69, 9.17) is 4.74 Å². The van der Waals surface area contributed by atoms with Crippen LogP contribution in [0.2, 0.25) is 0 Å². The van der Waals surface area contributed by atoms with Gasteiger partial charge in [0.05, 0.1) is 15.4 Å². The van der Waals surface area contributed by atoms with Gasteiger partial charge >= 0.3 is 5.97 Å². The molecule has 2 rings (SSSR count). The Kier molecular flexibility index (Phi) is 7.24. The van der Waals surface area contributed by atoms with E-state index in [0.29, 0.717) is 16.7 Å². The monoisotopic (exact) mass is 394 g/mol. The first-order valence-electron chi connectivity index (χ1n) is 9.08. The van der Waals surface area contributed by atoms with Crippen LogP contribution in [0.25, 0.3) is 0 Å². The van der Waals surface area contributed by atoms with Crippen molar-refractivity contribution in [2.45, 2.75) is 57.1 Å². The van der Waals surface area contributed by atoms with Crippen LogP contribution in [0, 0.1) is 22.0 Å². The van der Waals surface area contributed by atoms with Crippen LogP contribution in [0.5, 0.6) is 0 Å². The molecule has 1 aromatic carbocycles. The highest BCUT2D eigenvalue weighted by atomic mass is 32.2. The molecule has 0 unspecified atom stereocenters. The van der Waals surface area contributed by atoms with Gasteiger partial charge in [0.2, 0.25) is 0 Å². The summed E-state index contributed by atoms with van der Waals surface area (Å²) in [5.41, 5.74) is -0.0992. The van der Waals surface area contributed by atoms with Crippen LogP contribution in [0.1, 0.15) is 50.4 Å². The lowest BCUT2D eigenvalue weighted by atomic mass is 9.78. The number of nitrogens with zero attached hydrogens (tertiary/aromatic N) is 1. The zero-order chi connectivity index (χ0) is 20.1. The first kappa shape index (κ1) is 21.2. The second kappa shape index (κ2) is 9.21. The highest BCUT2D eigenvalue weighted by Gasteiger charge is 2.30. The second-order valence-corrected chi connectivity index (χ2v) is 7.92. The van der Waals surface area contributed by atoms with Crippen molar-refractivity contribution in [3.8, 4) is 0 Å². The summed E-state index contributed by atoms with van der Waals surface area (Å²) in [5.74, 6) is -0.187. The average molecular weight is 394 g/mol. The lowest BCUT2D eigenvalue weighted by molar-refractivity contribution is -0.387. The zero-order valence-electron chi connectivity index (χ0n) is 16.1. The molecule has 148 valence electrons. The molecule has 1 aliphatic carbocycles. The predicted octanol–water partition coefficient (Wildman–Crippen LogP) is 3.80. The van der Waals surface area contributed by atoms with Crippen LogP contribution in [0.4, 0.5) is 5.69 Å². The number of nitro groups is 1. The largest absolute Gasteiger partial charge is 0.449 e. The molecule has 8 heteroatoms. The molecule has 1 fully saturated rings. The number of amides is 1. The van der Waals surface area contributed by atoms with E-state index in [0.717, 1.165) is 19.3 Å². The number of ether oxygens (including phenoxy) is 1. The van der Waals surface area contributed by atoms with Crippen LogP contribution < -0.4 is 5.32 Å². The van der Waals surface area contributed by atoms with Gasteiger partial charge in [0, 0.05) is 12.1 Å². The van der Waals surface area contributed by atoms with E-state index in [2.05, 4.69) is 19.2 Å².